The fraction of sp³-hybridized carbons (Fsp3) is 0.385. The van der Waals surface area contributed by atoms with Gasteiger partial charge in [0, 0.05) is 0 Å². The summed E-state index contributed by atoms with van der Waals surface area (Å²) in [6.07, 6.45) is 8.20. The number of benzene rings is 1. The molecule has 0 N–H and O–H groups in total. The van der Waals surface area contributed by atoms with Gasteiger partial charge in [-0.3, -0.25) is 0 Å². The zero-order chi connectivity index (χ0) is 12.5. The van der Waals surface area contributed by atoms with Crippen molar-refractivity contribution in [2.24, 2.45) is 0 Å². The van der Waals surface area contributed by atoms with Gasteiger partial charge in [-0.15, -0.1) is 6.42 Å². The van der Waals surface area contributed by atoms with Crippen LogP contribution in [0.3, 0.4) is 0 Å². The molecule has 0 saturated carbocycles. The first-order chi connectivity index (χ1) is 8.04. The molecule has 0 fully saturated rings. The maximum atomic E-state index is 11.7. The zero-order valence-corrected chi connectivity index (χ0v) is 10.6. The third-order valence-corrected chi connectivity index (χ3v) is 4.36. The third-order valence-electron chi connectivity index (χ3n) is 3.12. The van der Waals surface area contributed by atoms with E-state index in [4.69, 9.17) is 6.42 Å². The molecule has 0 bridgehead atoms. The highest BCUT2D eigenvalue weighted by Gasteiger charge is 2.32. The van der Waals surface area contributed by atoms with Crippen molar-refractivity contribution in [1.82, 2.24) is 4.31 Å². The molecule has 0 aromatic heterocycles. The summed E-state index contributed by atoms with van der Waals surface area (Å²) in [4.78, 5) is 0. The molecule has 1 aromatic carbocycles. The van der Waals surface area contributed by atoms with Crippen LogP contribution in [0.1, 0.15) is 23.6 Å². The smallest absolute Gasteiger partial charge is 0.212 e. The molecule has 90 valence electrons. The number of rotatable bonds is 3. The van der Waals surface area contributed by atoms with Crippen LogP contribution in [0.15, 0.2) is 24.3 Å². The van der Waals surface area contributed by atoms with E-state index in [9.17, 15) is 8.42 Å². The summed E-state index contributed by atoms with van der Waals surface area (Å²) in [5, 5.41) is 0. The molecule has 1 aliphatic rings. The van der Waals surface area contributed by atoms with Gasteiger partial charge in [0.1, 0.15) is 0 Å². The van der Waals surface area contributed by atoms with Gasteiger partial charge in [-0.05, 0) is 24.0 Å². The SMILES string of the molecule is C#CCN([C@@H]1CCc2ccccc21)S(C)(=O)=O. The molecule has 0 aliphatic heterocycles. The van der Waals surface area contributed by atoms with Crippen LogP contribution >= 0.6 is 0 Å². The first kappa shape index (κ1) is 12.2. The van der Waals surface area contributed by atoms with Gasteiger partial charge in [0.05, 0.1) is 18.8 Å². The Morgan fingerprint density at radius 2 is 2.18 bits per heavy atom. The standard InChI is InChI=1S/C13H15NO2S/c1-3-10-14(17(2,15)16)13-9-8-11-6-4-5-7-12(11)13/h1,4-7,13H,8-10H2,2H3/t13-/m1/s1. The van der Waals surface area contributed by atoms with E-state index in [-0.39, 0.29) is 12.6 Å². The fourth-order valence-corrected chi connectivity index (χ4v) is 3.37. The van der Waals surface area contributed by atoms with Gasteiger partial charge in [-0.2, -0.15) is 4.31 Å². The van der Waals surface area contributed by atoms with Gasteiger partial charge in [0.2, 0.25) is 10.0 Å². The van der Waals surface area contributed by atoms with E-state index < -0.39 is 10.0 Å². The molecule has 0 unspecified atom stereocenters. The van der Waals surface area contributed by atoms with Gasteiger partial charge < -0.3 is 0 Å². The minimum Gasteiger partial charge on any atom is -0.212 e. The first-order valence-corrected chi connectivity index (χ1v) is 7.37. The third kappa shape index (κ3) is 2.36. The molecular formula is C13H15NO2S. The lowest BCUT2D eigenvalue weighted by Crippen LogP contribution is -2.33. The Morgan fingerprint density at radius 3 is 2.82 bits per heavy atom. The molecule has 3 nitrogen and oxygen atoms in total. The topological polar surface area (TPSA) is 37.4 Å². The molecule has 0 heterocycles. The van der Waals surface area contributed by atoms with Crippen molar-refractivity contribution >= 4 is 10.0 Å². The van der Waals surface area contributed by atoms with Gasteiger partial charge in [0.25, 0.3) is 0 Å². The predicted molar refractivity (Wildman–Crippen MR) is 67.9 cm³/mol. The number of aryl methyl sites for hydroxylation is 1. The van der Waals surface area contributed by atoms with E-state index >= 15 is 0 Å². The van der Waals surface area contributed by atoms with Gasteiger partial charge in [0.15, 0.2) is 0 Å². The highest BCUT2D eigenvalue weighted by Crippen LogP contribution is 2.36. The summed E-state index contributed by atoms with van der Waals surface area (Å²) in [6.45, 7) is 0.137. The van der Waals surface area contributed by atoms with E-state index in [1.165, 1.54) is 16.1 Å². The first-order valence-electron chi connectivity index (χ1n) is 5.52. The molecule has 1 aliphatic carbocycles. The van der Waals surface area contributed by atoms with Gasteiger partial charge in [-0.1, -0.05) is 30.2 Å². The average Bonchev–Trinajstić information content (AvgIpc) is 2.68. The fourth-order valence-electron chi connectivity index (χ4n) is 2.38. The minimum atomic E-state index is -3.26. The second kappa shape index (κ2) is 4.52. The molecule has 0 amide bonds. The lowest BCUT2D eigenvalue weighted by molar-refractivity contribution is 0.355. The van der Waals surface area contributed by atoms with E-state index in [1.807, 2.05) is 24.3 Å². The Labute approximate surface area is 103 Å². The van der Waals surface area contributed by atoms with Crippen LogP contribution in [0.4, 0.5) is 0 Å². The van der Waals surface area contributed by atoms with E-state index in [0.29, 0.717) is 0 Å². The van der Waals surface area contributed by atoms with Crippen LogP contribution < -0.4 is 0 Å². The Morgan fingerprint density at radius 1 is 1.47 bits per heavy atom. The number of sulfonamides is 1. The molecular weight excluding hydrogens is 234 g/mol. The van der Waals surface area contributed by atoms with Crippen LogP contribution in [0.5, 0.6) is 0 Å². The van der Waals surface area contributed by atoms with Gasteiger partial charge in [-0.25, -0.2) is 8.42 Å². The maximum absolute atomic E-state index is 11.7. The van der Waals surface area contributed by atoms with E-state index in [0.717, 1.165) is 18.4 Å². The summed E-state index contributed by atoms with van der Waals surface area (Å²) in [7, 11) is -3.26. The number of hydrogen-bond donors (Lipinski definition) is 0. The van der Waals surface area contributed by atoms with Crippen molar-refractivity contribution in [3.05, 3.63) is 35.4 Å². The van der Waals surface area contributed by atoms with Crippen LogP contribution in [0.25, 0.3) is 0 Å². The monoisotopic (exact) mass is 249 g/mol. The largest absolute Gasteiger partial charge is 0.212 e. The number of nitrogens with zero attached hydrogens (tertiary/aromatic N) is 1. The van der Waals surface area contributed by atoms with Crippen molar-refractivity contribution < 1.29 is 8.42 Å². The molecule has 0 radical (unpaired) electrons. The number of terminal acetylenes is 1. The summed E-state index contributed by atoms with van der Waals surface area (Å²) >= 11 is 0. The average molecular weight is 249 g/mol. The number of fused-ring (bicyclic) bond motifs is 1. The maximum Gasteiger partial charge on any atom is 0.212 e. The van der Waals surface area contributed by atoms with Crippen LogP contribution in [0.2, 0.25) is 0 Å². The zero-order valence-electron chi connectivity index (χ0n) is 9.76. The van der Waals surface area contributed by atoms with E-state index in [2.05, 4.69) is 5.92 Å². The highest BCUT2D eigenvalue weighted by molar-refractivity contribution is 7.88. The molecule has 1 atom stereocenters. The van der Waals surface area contributed by atoms with Crippen molar-refractivity contribution in [2.75, 3.05) is 12.8 Å². The summed E-state index contributed by atoms with van der Waals surface area (Å²) < 4.78 is 24.9. The second-order valence-electron chi connectivity index (χ2n) is 4.27. The molecule has 1 aromatic rings. The Kier molecular flexibility index (Phi) is 3.23. The molecule has 0 spiro atoms. The van der Waals surface area contributed by atoms with Crippen molar-refractivity contribution in [1.29, 1.82) is 0 Å². The number of hydrogen-bond acceptors (Lipinski definition) is 2. The van der Waals surface area contributed by atoms with Crippen LogP contribution in [-0.2, 0) is 16.4 Å². The molecule has 4 heteroatoms. The normalized spacial score (nSPS) is 19.0. The lowest BCUT2D eigenvalue weighted by Gasteiger charge is -2.25. The Balaban J connectivity index is 2.39. The predicted octanol–water partition coefficient (Wildman–Crippen LogP) is 1.57. The Hall–Kier alpha value is -1.31. The molecule has 2 rings (SSSR count). The van der Waals surface area contributed by atoms with Gasteiger partial charge >= 0.3 is 0 Å². The Bertz CT molecular complexity index is 557. The highest BCUT2D eigenvalue weighted by atomic mass is 32.2. The van der Waals surface area contributed by atoms with Crippen LogP contribution in [-0.4, -0.2) is 25.5 Å². The van der Waals surface area contributed by atoms with Crippen molar-refractivity contribution in [3.63, 3.8) is 0 Å². The molecule has 0 saturated heterocycles. The molecule has 17 heavy (non-hydrogen) atoms. The minimum absolute atomic E-state index is 0.0998. The van der Waals surface area contributed by atoms with Crippen molar-refractivity contribution in [3.8, 4) is 12.3 Å². The van der Waals surface area contributed by atoms with Crippen molar-refractivity contribution in [2.45, 2.75) is 18.9 Å². The summed E-state index contributed by atoms with van der Waals surface area (Å²) in [6, 6.07) is 7.85. The summed E-state index contributed by atoms with van der Waals surface area (Å²) in [5.74, 6) is 2.43. The second-order valence-corrected chi connectivity index (χ2v) is 6.20. The van der Waals surface area contributed by atoms with E-state index in [1.54, 1.807) is 0 Å². The van der Waals surface area contributed by atoms with Crippen LogP contribution in [0, 0.1) is 12.3 Å². The quantitative estimate of drug-likeness (QED) is 0.763. The lowest BCUT2D eigenvalue weighted by atomic mass is 10.1. The summed E-state index contributed by atoms with van der Waals surface area (Å²) in [5.41, 5.74) is 2.32.